The van der Waals surface area contributed by atoms with E-state index in [-0.39, 0.29) is 0 Å². The zero-order chi connectivity index (χ0) is 39.5. The first-order valence-electron chi connectivity index (χ1n) is 20.7. The van der Waals surface area contributed by atoms with E-state index in [0.29, 0.717) is 0 Å². The Morgan fingerprint density at radius 3 is 1.30 bits per heavy atom. The highest BCUT2D eigenvalue weighted by Gasteiger charge is 2.18. The van der Waals surface area contributed by atoms with Gasteiger partial charge >= 0.3 is 0 Å². The second-order valence-electron chi connectivity index (χ2n) is 16.0. The van der Waals surface area contributed by atoms with Crippen molar-refractivity contribution in [3.8, 4) is 33.6 Å². The topological polar surface area (TPSA) is 36.1 Å². The quantitative estimate of drug-likeness (QED) is 0.175. The molecule has 4 heterocycles. The van der Waals surface area contributed by atoms with E-state index in [1.54, 1.807) is 0 Å². The van der Waals surface area contributed by atoms with Crippen LogP contribution in [-0.2, 0) is 6.42 Å². The maximum atomic E-state index is 6.24. The summed E-state index contributed by atoms with van der Waals surface area (Å²) in [6.45, 7) is 2.20. The standard InChI is InChI=1S/C56H36N2O2/c1-2-34-18-25-54-46(28-34)48-32-38(22-27-56(48)60-54)36-20-24-52-45(30-36)42-13-4-7-16-50(42)58(52)40-11-9-10-39(33-40)57-49-15-6-3-12-41(49)44-29-35(19-23-51(44)57)37-21-26-55-47(31-37)43-14-5-8-17-53(43)59-55/h3-33H,2H2,1H3. The van der Waals surface area contributed by atoms with E-state index in [2.05, 4.69) is 192 Å². The lowest BCUT2D eigenvalue weighted by molar-refractivity contribution is 0.668. The van der Waals surface area contributed by atoms with Crippen molar-refractivity contribution in [3.63, 3.8) is 0 Å². The van der Waals surface area contributed by atoms with Gasteiger partial charge in [0.05, 0.1) is 22.1 Å². The van der Waals surface area contributed by atoms with Gasteiger partial charge in [-0.15, -0.1) is 0 Å². The average molecular weight is 769 g/mol. The highest BCUT2D eigenvalue weighted by atomic mass is 16.3. The third-order valence-electron chi connectivity index (χ3n) is 12.7. The van der Waals surface area contributed by atoms with Crippen LogP contribution in [-0.4, -0.2) is 9.13 Å². The molecule has 0 atom stereocenters. The molecule has 4 heteroatoms. The molecule has 0 aliphatic carbocycles. The van der Waals surface area contributed by atoms with Gasteiger partial charge in [-0.25, -0.2) is 0 Å². The van der Waals surface area contributed by atoms with Crippen LogP contribution in [0.5, 0.6) is 0 Å². The van der Waals surface area contributed by atoms with Gasteiger partial charge in [0.2, 0.25) is 0 Å². The number of aryl methyl sites for hydroxylation is 1. The predicted molar refractivity (Wildman–Crippen MR) is 250 cm³/mol. The van der Waals surface area contributed by atoms with Crippen molar-refractivity contribution in [2.45, 2.75) is 13.3 Å². The molecule has 0 N–H and O–H groups in total. The summed E-state index contributed by atoms with van der Waals surface area (Å²) < 4.78 is 17.2. The highest BCUT2D eigenvalue weighted by molar-refractivity contribution is 6.13. The first kappa shape index (κ1) is 33.2. The van der Waals surface area contributed by atoms with Crippen molar-refractivity contribution in [2.24, 2.45) is 0 Å². The number of hydrogen-bond donors (Lipinski definition) is 0. The number of benzene rings is 9. The Hall–Kier alpha value is -7.82. The number of fused-ring (bicyclic) bond motifs is 12. The molecule has 0 aliphatic heterocycles. The van der Waals surface area contributed by atoms with E-state index in [9.17, 15) is 0 Å². The Bertz CT molecular complexity index is 3890. The summed E-state index contributed by atoms with van der Waals surface area (Å²) in [5.74, 6) is 0. The second-order valence-corrected chi connectivity index (χ2v) is 16.0. The van der Waals surface area contributed by atoms with Gasteiger partial charge in [-0.2, -0.15) is 0 Å². The highest BCUT2D eigenvalue weighted by Crippen LogP contribution is 2.40. The summed E-state index contributed by atoms with van der Waals surface area (Å²) >= 11 is 0. The smallest absolute Gasteiger partial charge is 0.135 e. The summed E-state index contributed by atoms with van der Waals surface area (Å²) in [6.07, 6.45) is 0.995. The third kappa shape index (κ3) is 4.85. The van der Waals surface area contributed by atoms with Crippen LogP contribution in [0.1, 0.15) is 12.5 Å². The lowest BCUT2D eigenvalue weighted by atomic mass is 10.00. The van der Waals surface area contributed by atoms with Crippen LogP contribution in [0.25, 0.3) is 121 Å². The number of para-hydroxylation sites is 3. The lowest BCUT2D eigenvalue weighted by Gasteiger charge is -2.13. The van der Waals surface area contributed by atoms with Crippen molar-refractivity contribution < 1.29 is 8.83 Å². The first-order chi connectivity index (χ1) is 29.7. The number of furan rings is 2. The number of nitrogens with zero attached hydrogens (tertiary/aromatic N) is 2. The van der Waals surface area contributed by atoms with Gasteiger partial charge in [0.15, 0.2) is 0 Å². The fourth-order valence-corrected chi connectivity index (χ4v) is 9.76. The minimum Gasteiger partial charge on any atom is -0.456 e. The zero-order valence-electron chi connectivity index (χ0n) is 32.8. The number of hydrogen-bond acceptors (Lipinski definition) is 2. The molecule has 4 aromatic heterocycles. The van der Waals surface area contributed by atoms with Crippen molar-refractivity contribution in [3.05, 3.63) is 194 Å². The van der Waals surface area contributed by atoms with Crippen LogP contribution >= 0.6 is 0 Å². The summed E-state index contributed by atoms with van der Waals surface area (Å²) in [5, 5.41) is 9.52. The van der Waals surface area contributed by atoms with Crippen molar-refractivity contribution >= 4 is 87.5 Å². The van der Waals surface area contributed by atoms with E-state index in [0.717, 1.165) is 56.3 Å². The average Bonchev–Trinajstić information content (AvgIpc) is 4.05. The molecule has 0 bridgehead atoms. The summed E-state index contributed by atoms with van der Waals surface area (Å²) in [7, 11) is 0. The van der Waals surface area contributed by atoms with Gasteiger partial charge in [0, 0.05) is 54.5 Å². The molecule has 60 heavy (non-hydrogen) atoms. The van der Waals surface area contributed by atoms with Crippen LogP contribution in [0.15, 0.2) is 197 Å². The van der Waals surface area contributed by atoms with Crippen LogP contribution in [0, 0.1) is 0 Å². The molecule has 0 radical (unpaired) electrons. The Morgan fingerprint density at radius 2 is 0.733 bits per heavy atom. The maximum absolute atomic E-state index is 6.24. The van der Waals surface area contributed by atoms with Gasteiger partial charge < -0.3 is 18.0 Å². The molecule has 0 spiro atoms. The molecule has 0 saturated carbocycles. The molecular formula is C56H36N2O2. The predicted octanol–water partition coefficient (Wildman–Crippen LogP) is 15.6. The molecule has 282 valence electrons. The van der Waals surface area contributed by atoms with E-state index in [1.165, 1.54) is 76.8 Å². The number of rotatable bonds is 5. The third-order valence-corrected chi connectivity index (χ3v) is 12.7. The van der Waals surface area contributed by atoms with Crippen LogP contribution in [0.4, 0.5) is 0 Å². The second kappa shape index (κ2) is 12.6. The Kier molecular flexibility index (Phi) is 6.96. The monoisotopic (exact) mass is 768 g/mol. The first-order valence-corrected chi connectivity index (χ1v) is 20.7. The summed E-state index contributed by atoms with van der Waals surface area (Å²) in [6, 6.07) is 68.2. The minimum atomic E-state index is 0.910. The fraction of sp³-hybridized carbons (Fsp3) is 0.0357. The maximum Gasteiger partial charge on any atom is 0.135 e. The Labute approximate surface area is 344 Å². The van der Waals surface area contributed by atoms with E-state index >= 15 is 0 Å². The molecule has 13 rings (SSSR count). The Morgan fingerprint density at radius 1 is 0.317 bits per heavy atom. The molecular weight excluding hydrogens is 733 g/mol. The fourth-order valence-electron chi connectivity index (χ4n) is 9.76. The van der Waals surface area contributed by atoms with Crippen LogP contribution in [0.2, 0.25) is 0 Å². The molecule has 9 aromatic carbocycles. The largest absolute Gasteiger partial charge is 0.456 e. The Balaban J connectivity index is 0.941. The summed E-state index contributed by atoms with van der Waals surface area (Å²) in [4.78, 5) is 0. The molecule has 0 amide bonds. The molecule has 0 saturated heterocycles. The summed E-state index contributed by atoms with van der Waals surface area (Å²) in [5.41, 5.74) is 16.7. The zero-order valence-corrected chi connectivity index (χ0v) is 32.8. The van der Waals surface area contributed by atoms with Crippen molar-refractivity contribution in [2.75, 3.05) is 0 Å². The minimum absolute atomic E-state index is 0.910. The van der Waals surface area contributed by atoms with Crippen molar-refractivity contribution in [1.82, 2.24) is 9.13 Å². The van der Waals surface area contributed by atoms with Gasteiger partial charge in [0.1, 0.15) is 22.3 Å². The molecule has 13 aromatic rings. The van der Waals surface area contributed by atoms with E-state index < -0.39 is 0 Å². The normalized spacial score (nSPS) is 12.2. The lowest BCUT2D eigenvalue weighted by Crippen LogP contribution is -1.98. The molecule has 0 fully saturated rings. The molecule has 0 unspecified atom stereocenters. The number of aromatic nitrogens is 2. The van der Waals surface area contributed by atoms with Crippen molar-refractivity contribution in [1.29, 1.82) is 0 Å². The van der Waals surface area contributed by atoms with Crippen LogP contribution < -0.4 is 0 Å². The SMILES string of the molecule is CCc1ccc2oc3ccc(-c4ccc5c(c4)c4ccccc4n5-c4cccc(-n5c6ccccc6c6cc(-c7ccc8oc9ccccc9c8c7)ccc65)c4)cc3c2c1. The van der Waals surface area contributed by atoms with Crippen LogP contribution in [0.3, 0.4) is 0 Å². The van der Waals surface area contributed by atoms with E-state index in [1.807, 2.05) is 12.1 Å². The van der Waals surface area contributed by atoms with Gasteiger partial charge in [-0.3, -0.25) is 0 Å². The van der Waals surface area contributed by atoms with E-state index in [4.69, 9.17) is 8.83 Å². The van der Waals surface area contributed by atoms with Gasteiger partial charge in [0.25, 0.3) is 0 Å². The molecule has 4 nitrogen and oxygen atoms in total. The van der Waals surface area contributed by atoms with Gasteiger partial charge in [-0.1, -0.05) is 97.9 Å². The van der Waals surface area contributed by atoms with Gasteiger partial charge in [-0.05, 0) is 131 Å². The molecule has 0 aliphatic rings.